The minimum Gasteiger partial charge on any atom is -0.385 e. The van der Waals surface area contributed by atoms with E-state index in [1.807, 2.05) is 31.2 Å². The fourth-order valence-electron chi connectivity index (χ4n) is 3.71. The van der Waals surface area contributed by atoms with Gasteiger partial charge in [-0.1, -0.05) is 48.5 Å². The number of rotatable bonds is 6. The number of halogens is 4. The number of benzene rings is 2. The Balaban J connectivity index is 1.52. The van der Waals surface area contributed by atoms with E-state index in [4.69, 9.17) is 0 Å². The molecule has 3 nitrogen and oxygen atoms in total. The predicted molar refractivity (Wildman–Crippen MR) is 120 cm³/mol. The molecule has 1 saturated carbocycles. The maximum Gasteiger partial charge on any atom is 0.397 e. The van der Waals surface area contributed by atoms with Crippen molar-refractivity contribution in [1.29, 1.82) is 0 Å². The summed E-state index contributed by atoms with van der Waals surface area (Å²) in [7, 11) is 0. The van der Waals surface area contributed by atoms with E-state index >= 15 is 0 Å². The van der Waals surface area contributed by atoms with Crippen LogP contribution in [0.15, 0.2) is 54.6 Å². The minimum absolute atomic E-state index is 0.116. The highest BCUT2D eigenvalue weighted by atomic mass is 19.4. The van der Waals surface area contributed by atoms with Gasteiger partial charge in [0.05, 0.1) is 17.6 Å². The molecule has 0 amide bonds. The lowest BCUT2D eigenvalue weighted by molar-refractivity contribution is -0.180. The summed E-state index contributed by atoms with van der Waals surface area (Å²) >= 11 is 0. The maximum atomic E-state index is 14.9. The van der Waals surface area contributed by atoms with E-state index in [2.05, 4.69) is 5.10 Å². The molecular weight excluding hydrogens is 432 g/mol. The average Bonchev–Trinajstić information content (AvgIpc) is 3.40. The number of hydrogen-bond donors (Lipinski definition) is 1. The lowest BCUT2D eigenvalue weighted by Crippen LogP contribution is -2.36. The fraction of sp³-hybridized carbons (Fsp3) is 0.346. The molecule has 1 fully saturated rings. The largest absolute Gasteiger partial charge is 0.397 e. The third-order valence-corrected chi connectivity index (χ3v) is 6.38. The van der Waals surface area contributed by atoms with Gasteiger partial charge in [0.2, 0.25) is 0 Å². The summed E-state index contributed by atoms with van der Waals surface area (Å²) in [5.74, 6) is -0.569. The summed E-state index contributed by atoms with van der Waals surface area (Å²) in [5.41, 5.74) is 0.620. The van der Waals surface area contributed by atoms with Crippen LogP contribution >= 0.6 is 0 Å². The zero-order valence-electron chi connectivity index (χ0n) is 18.7. The van der Waals surface area contributed by atoms with Gasteiger partial charge in [0.1, 0.15) is 5.69 Å². The van der Waals surface area contributed by atoms with Crippen LogP contribution in [-0.2, 0) is 17.6 Å². The SMILES string of the molecule is Cc1cc(/C(F)=C/c2ccc(C(C)(C)C(F)(F)F)cc2)nn1Cc1cccc(C2(O)CC2)c1. The van der Waals surface area contributed by atoms with Crippen LogP contribution in [0.5, 0.6) is 0 Å². The van der Waals surface area contributed by atoms with Crippen LogP contribution in [0.3, 0.4) is 0 Å². The summed E-state index contributed by atoms with van der Waals surface area (Å²) in [6.07, 6.45) is -1.60. The second kappa shape index (κ2) is 8.13. The Morgan fingerprint density at radius 1 is 1.09 bits per heavy atom. The second-order valence-corrected chi connectivity index (χ2v) is 9.30. The van der Waals surface area contributed by atoms with Crippen molar-refractivity contribution in [1.82, 2.24) is 9.78 Å². The molecule has 0 atom stereocenters. The molecule has 1 aliphatic rings. The zero-order chi connectivity index (χ0) is 24.0. The third-order valence-electron chi connectivity index (χ3n) is 6.38. The van der Waals surface area contributed by atoms with Crippen LogP contribution in [-0.4, -0.2) is 21.1 Å². The number of nitrogens with zero attached hydrogens (tertiary/aromatic N) is 2. The van der Waals surface area contributed by atoms with Crippen molar-refractivity contribution in [2.24, 2.45) is 0 Å². The molecule has 1 aromatic heterocycles. The molecule has 0 saturated heterocycles. The number of alkyl halides is 3. The molecular formula is C26H26F4N2O. The summed E-state index contributed by atoms with van der Waals surface area (Å²) in [6.45, 7) is 4.50. The second-order valence-electron chi connectivity index (χ2n) is 9.30. The van der Waals surface area contributed by atoms with Crippen LogP contribution in [0.25, 0.3) is 11.9 Å². The predicted octanol–water partition coefficient (Wildman–Crippen LogP) is 6.53. The minimum atomic E-state index is -4.38. The van der Waals surface area contributed by atoms with Crippen LogP contribution in [0.2, 0.25) is 0 Å². The van der Waals surface area contributed by atoms with Gasteiger partial charge >= 0.3 is 6.18 Å². The van der Waals surface area contributed by atoms with Gasteiger partial charge in [-0.2, -0.15) is 18.3 Å². The molecule has 33 heavy (non-hydrogen) atoms. The number of hydrogen-bond acceptors (Lipinski definition) is 2. The number of aliphatic hydroxyl groups is 1. The molecule has 1 aliphatic carbocycles. The Bertz CT molecular complexity index is 1190. The summed E-state index contributed by atoms with van der Waals surface area (Å²) in [6, 6.07) is 15.0. The normalized spacial score (nSPS) is 16.2. The summed E-state index contributed by atoms with van der Waals surface area (Å²) < 4.78 is 56.3. The third kappa shape index (κ3) is 4.74. The van der Waals surface area contributed by atoms with Crippen molar-refractivity contribution >= 4 is 11.9 Å². The van der Waals surface area contributed by atoms with Crippen molar-refractivity contribution in [3.8, 4) is 0 Å². The van der Waals surface area contributed by atoms with Gasteiger partial charge in [0.25, 0.3) is 0 Å². The van der Waals surface area contributed by atoms with E-state index in [1.54, 1.807) is 10.7 Å². The maximum absolute atomic E-state index is 14.9. The topological polar surface area (TPSA) is 38.0 Å². The highest BCUT2D eigenvalue weighted by Gasteiger charge is 2.48. The van der Waals surface area contributed by atoms with Crippen LogP contribution in [0.1, 0.15) is 60.3 Å². The first-order chi connectivity index (χ1) is 15.4. The summed E-state index contributed by atoms with van der Waals surface area (Å²) in [5, 5.41) is 14.7. The quantitative estimate of drug-likeness (QED) is 0.427. The summed E-state index contributed by atoms with van der Waals surface area (Å²) in [4.78, 5) is 0. The first kappa shape index (κ1) is 23.2. The van der Waals surface area contributed by atoms with E-state index < -0.39 is 23.0 Å². The molecule has 0 aliphatic heterocycles. The molecule has 4 rings (SSSR count). The van der Waals surface area contributed by atoms with E-state index in [-0.39, 0.29) is 11.3 Å². The first-order valence-corrected chi connectivity index (χ1v) is 10.8. The molecule has 3 aromatic rings. The molecule has 174 valence electrons. The van der Waals surface area contributed by atoms with Gasteiger partial charge in [0, 0.05) is 5.69 Å². The lowest BCUT2D eigenvalue weighted by atomic mass is 9.83. The molecule has 0 spiro atoms. The van der Waals surface area contributed by atoms with Crippen LogP contribution in [0.4, 0.5) is 17.6 Å². The van der Waals surface area contributed by atoms with E-state index in [1.165, 1.54) is 30.3 Å². The van der Waals surface area contributed by atoms with E-state index in [0.717, 1.165) is 43.5 Å². The molecule has 7 heteroatoms. The van der Waals surface area contributed by atoms with Crippen LogP contribution in [0, 0.1) is 6.92 Å². The number of aromatic nitrogens is 2. The molecule has 1 heterocycles. The average molecular weight is 458 g/mol. The Labute approximate surface area is 190 Å². The molecule has 0 unspecified atom stereocenters. The Morgan fingerprint density at radius 2 is 1.76 bits per heavy atom. The van der Waals surface area contributed by atoms with E-state index in [9.17, 15) is 22.7 Å². The highest BCUT2D eigenvalue weighted by Crippen LogP contribution is 2.45. The van der Waals surface area contributed by atoms with Crippen LogP contribution < -0.4 is 0 Å². The lowest BCUT2D eigenvalue weighted by Gasteiger charge is -2.28. The van der Waals surface area contributed by atoms with Gasteiger partial charge in [-0.05, 0) is 68.0 Å². The van der Waals surface area contributed by atoms with E-state index in [0.29, 0.717) is 12.1 Å². The molecule has 2 aromatic carbocycles. The van der Waals surface area contributed by atoms with Gasteiger partial charge in [-0.25, -0.2) is 4.39 Å². The molecule has 0 bridgehead atoms. The van der Waals surface area contributed by atoms with Crippen molar-refractivity contribution < 1.29 is 22.7 Å². The molecule has 1 N–H and O–H groups in total. The van der Waals surface area contributed by atoms with Gasteiger partial charge in [-0.3, -0.25) is 4.68 Å². The Morgan fingerprint density at radius 3 is 2.36 bits per heavy atom. The fourth-order valence-corrected chi connectivity index (χ4v) is 3.71. The smallest absolute Gasteiger partial charge is 0.385 e. The highest BCUT2D eigenvalue weighted by molar-refractivity contribution is 5.75. The van der Waals surface area contributed by atoms with Crippen molar-refractivity contribution in [3.63, 3.8) is 0 Å². The van der Waals surface area contributed by atoms with Crippen molar-refractivity contribution in [2.45, 2.75) is 57.3 Å². The van der Waals surface area contributed by atoms with Gasteiger partial charge < -0.3 is 5.11 Å². The number of aryl methyl sites for hydroxylation is 1. The Kier molecular flexibility index (Phi) is 5.73. The van der Waals surface area contributed by atoms with Crippen molar-refractivity contribution in [2.75, 3.05) is 0 Å². The monoisotopic (exact) mass is 458 g/mol. The molecule has 0 radical (unpaired) electrons. The Hall–Kier alpha value is -2.93. The standard InChI is InChI=1S/C26H26F4N2O/c1-17-13-23(31-32(17)16-19-5-4-6-21(14-19)25(33)11-12-25)22(27)15-18-7-9-20(10-8-18)24(2,3)26(28,29)30/h4-10,13-15,33H,11-12,16H2,1-3H3/b22-15-. The van der Waals surface area contributed by atoms with Crippen molar-refractivity contribution in [3.05, 3.63) is 88.2 Å². The zero-order valence-corrected chi connectivity index (χ0v) is 18.7. The van der Waals surface area contributed by atoms with Gasteiger partial charge in [0.15, 0.2) is 5.83 Å². The first-order valence-electron chi connectivity index (χ1n) is 10.8. The van der Waals surface area contributed by atoms with Gasteiger partial charge in [-0.15, -0.1) is 0 Å².